The van der Waals surface area contributed by atoms with Crippen LogP contribution in [0.25, 0.3) is 0 Å². The molecule has 0 aliphatic carbocycles. The molecule has 1 aromatic rings. The molecule has 0 aromatic heterocycles. The predicted octanol–water partition coefficient (Wildman–Crippen LogP) is 2.41. The molecule has 4 nitrogen and oxygen atoms in total. The number of halogens is 1. The Kier molecular flexibility index (Phi) is 7.23. The number of hydrogen-bond acceptors (Lipinski definition) is 3. The molecule has 0 bridgehead atoms. The third-order valence-electron chi connectivity index (χ3n) is 2.64. The third kappa shape index (κ3) is 5.33. The lowest BCUT2D eigenvalue weighted by Gasteiger charge is -2.05. The summed E-state index contributed by atoms with van der Waals surface area (Å²) in [6, 6.07) is 9.48. The monoisotopic (exact) mass is 291 g/mol. The van der Waals surface area contributed by atoms with E-state index in [1.165, 1.54) is 6.20 Å². The van der Waals surface area contributed by atoms with Gasteiger partial charge in [0.2, 0.25) is 0 Å². The molecule has 0 heterocycles. The molecule has 0 aliphatic heterocycles. The second-order valence-corrected chi connectivity index (χ2v) is 4.63. The first-order valence-electron chi connectivity index (χ1n) is 6.54. The fourth-order valence-corrected chi connectivity index (χ4v) is 1.79. The number of nitrogens with zero attached hydrogens (tertiary/aromatic N) is 1. The average molecular weight is 292 g/mol. The van der Waals surface area contributed by atoms with E-state index in [9.17, 15) is 4.79 Å². The third-order valence-corrected chi connectivity index (χ3v) is 3.01. The molecular formula is C15H18ClN3O. The normalized spacial score (nSPS) is 10.8. The maximum atomic E-state index is 11.6. The minimum Gasteiger partial charge on any atom is -0.389 e. The van der Waals surface area contributed by atoms with Gasteiger partial charge >= 0.3 is 0 Å². The Morgan fingerprint density at radius 2 is 2.15 bits per heavy atom. The molecule has 0 saturated carbocycles. The molecule has 1 rings (SSSR count). The Morgan fingerprint density at radius 1 is 1.40 bits per heavy atom. The first-order chi connectivity index (χ1) is 9.69. The highest BCUT2D eigenvalue weighted by Gasteiger charge is 2.06. The average Bonchev–Trinajstić information content (AvgIpc) is 2.46. The van der Waals surface area contributed by atoms with Crippen LogP contribution >= 0.6 is 11.6 Å². The van der Waals surface area contributed by atoms with Crippen molar-refractivity contribution in [3.05, 3.63) is 46.6 Å². The van der Waals surface area contributed by atoms with Crippen molar-refractivity contribution >= 4 is 17.5 Å². The van der Waals surface area contributed by atoms with Gasteiger partial charge < -0.3 is 10.6 Å². The van der Waals surface area contributed by atoms with E-state index in [4.69, 9.17) is 16.9 Å². The van der Waals surface area contributed by atoms with Crippen LogP contribution in [-0.2, 0) is 11.2 Å². The summed E-state index contributed by atoms with van der Waals surface area (Å²) in [5.74, 6) is -0.348. The van der Waals surface area contributed by atoms with Crippen LogP contribution in [0.1, 0.15) is 18.9 Å². The van der Waals surface area contributed by atoms with Crippen LogP contribution in [0.4, 0.5) is 0 Å². The molecule has 1 amide bonds. The van der Waals surface area contributed by atoms with Gasteiger partial charge in [-0.3, -0.25) is 4.79 Å². The van der Waals surface area contributed by atoms with E-state index in [2.05, 4.69) is 10.6 Å². The fraction of sp³-hybridized carbons (Fsp3) is 0.333. The number of benzene rings is 1. The van der Waals surface area contributed by atoms with Crippen molar-refractivity contribution in [2.24, 2.45) is 0 Å². The molecule has 5 heteroatoms. The van der Waals surface area contributed by atoms with E-state index in [0.717, 1.165) is 23.4 Å². The molecule has 106 valence electrons. The van der Waals surface area contributed by atoms with Crippen molar-refractivity contribution in [2.45, 2.75) is 19.8 Å². The topological polar surface area (TPSA) is 64.9 Å². The molecule has 0 spiro atoms. The van der Waals surface area contributed by atoms with Gasteiger partial charge in [-0.15, -0.1) is 0 Å². The van der Waals surface area contributed by atoms with E-state index in [-0.39, 0.29) is 11.5 Å². The van der Waals surface area contributed by atoms with Gasteiger partial charge in [0.05, 0.1) is 0 Å². The lowest BCUT2D eigenvalue weighted by molar-refractivity contribution is -0.117. The van der Waals surface area contributed by atoms with Crippen LogP contribution in [0.3, 0.4) is 0 Å². The van der Waals surface area contributed by atoms with Gasteiger partial charge in [-0.25, -0.2) is 0 Å². The maximum Gasteiger partial charge on any atom is 0.263 e. The Hall–Kier alpha value is -1.99. The first kappa shape index (κ1) is 16.1. The highest BCUT2D eigenvalue weighted by molar-refractivity contribution is 6.31. The summed E-state index contributed by atoms with van der Waals surface area (Å²) in [6.45, 7) is 3.13. The number of rotatable bonds is 7. The van der Waals surface area contributed by atoms with Crippen LogP contribution in [0.15, 0.2) is 36.0 Å². The molecule has 0 radical (unpaired) electrons. The van der Waals surface area contributed by atoms with Crippen molar-refractivity contribution in [1.29, 1.82) is 5.26 Å². The highest BCUT2D eigenvalue weighted by Crippen LogP contribution is 2.14. The summed E-state index contributed by atoms with van der Waals surface area (Å²) in [6.07, 6.45) is 3.01. The van der Waals surface area contributed by atoms with Gasteiger partial charge in [-0.2, -0.15) is 5.26 Å². The first-order valence-corrected chi connectivity index (χ1v) is 6.92. The molecule has 0 atom stereocenters. The summed E-state index contributed by atoms with van der Waals surface area (Å²) >= 11 is 6.04. The molecule has 1 aromatic carbocycles. The smallest absolute Gasteiger partial charge is 0.263 e. The van der Waals surface area contributed by atoms with E-state index >= 15 is 0 Å². The number of hydrogen-bond donors (Lipinski definition) is 2. The van der Waals surface area contributed by atoms with Crippen LogP contribution in [0.2, 0.25) is 5.02 Å². The number of nitriles is 1. The van der Waals surface area contributed by atoms with Crippen molar-refractivity contribution in [2.75, 3.05) is 13.1 Å². The largest absolute Gasteiger partial charge is 0.389 e. The SMILES string of the molecule is CCCNC(=O)/C(C#N)=C\NCCc1ccccc1Cl. The second kappa shape index (κ2) is 9.00. The Bertz CT molecular complexity index is 520. The van der Waals surface area contributed by atoms with Crippen molar-refractivity contribution in [3.8, 4) is 6.07 Å². The lowest BCUT2D eigenvalue weighted by Crippen LogP contribution is -2.26. The summed E-state index contributed by atoms with van der Waals surface area (Å²) < 4.78 is 0. The zero-order chi connectivity index (χ0) is 14.8. The van der Waals surface area contributed by atoms with E-state index in [0.29, 0.717) is 13.1 Å². The minimum atomic E-state index is -0.348. The molecule has 0 unspecified atom stereocenters. The minimum absolute atomic E-state index is 0.0811. The molecular weight excluding hydrogens is 274 g/mol. The van der Waals surface area contributed by atoms with Gasteiger partial charge in [0.15, 0.2) is 0 Å². The quantitative estimate of drug-likeness (QED) is 0.461. The molecule has 2 N–H and O–H groups in total. The van der Waals surface area contributed by atoms with E-state index in [1.807, 2.05) is 37.3 Å². The number of carbonyl (C=O) groups excluding carboxylic acids is 1. The van der Waals surface area contributed by atoms with Gasteiger partial charge in [0, 0.05) is 24.3 Å². The Labute approximate surface area is 124 Å². The van der Waals surface area contributed by atoms with Crippen LogP contribution in [-0.4, -0.2) is 19.0 Å². The van der Waals surface area contributed by atoms with Gasteiger partial charge in [-0.1, -0.05) is 36.7 Å². The number of carbonyl (C=O) groups is 1. The number of nitrogens with one attached hydrogen (secondary N) is 2. The fourth-order valence-electron chi connectivity index (χ4n) is 1.56. The highest BCUT2D eigenvalue weighted by atomic mass is 35.5. The zero-order valence-corrected chi connectivity index (χ0v) is 12.2. The standard InChI is InChI=1S/C15H18ClN3O/c1-2-8-19-15(20)13(10-17)11-18-9-7-12-5-3-4-6-14(12)16/h3-6,11,18H,2,7-9H2,1H3,(H,19,20)/b13-11-. The van der Waals surface area contributed by atoms with E-state index < -0.39 is 0 Å². The molecule has 20 heavy (non-hydrogen) atoms. The Balaban J connectivity index is 2.45. The zero-order valence-electron chi connectivity index (χ0n) is 11.4. The number of amides is 1. The summed E-state index contributed by atoms with van der Waals surface area (Å²) in [4.78, 5) is 11.6. The van der Waals surface area contributed by atoms with Crippen molar-refractivity contribution in [3.63, 3.8) is 0 Å². The van der Waals surface area contributed by atoms with Crippen molar-refractivity contribution in [1.82, 2.24) is 10.6 Å². The van der Waals surface area contributed by atoms with Crippen LogP contribution in [0, 0.1) is 11.3 Å². The summed E-state index contributed by atoms with van der Waals surface area (Å²) in [5.41, 5.74) is 1.11. The maximum absolute atomic E-state index is 11.6. The second-order valence-electron chi connectivity index (χ2n) is 4.22. The van der Waals surface area contributed by atoms with Crippen LogP contribution < -0.4 is 10.6 Å². The van der Waals surface area contributed by atoms with Gasteiger partial charge in [0.25, 0.3) is 5.91 Å². The van der Waals surface area contributed by atoms with Gasteiger partial charge in [-0.05, 0) is 24.5 Å². The lowest BCUT2D eigenvalue weighted by atomic mass is 10.1. The van der Waals surface area contributed by atoms with Crippen molar-refractivity contribution < 1.29 is 4.79 Å². The molecule has 0 saturated heterocycles. The van der Waals surface area contributed by atoms with Crippen LogP contribution in [0.5, 0.6) is 0 Å². The predicted molar refractivity (Wildman–Crippen MR) is 80.2 cm³/mol. The summed E-state index contributed by atoms with van der Waals surface area (Å²) in [5, 5.41) is 15.3. The van der Waals surface area contributed by atoms with Gasteiger partial charge in [0.1, 0.15) is 11.6 Å². The molecule has 0 aliphatic rings. The van der Waals surface area contributed by atoms with E-state index in [1.54, 1.807) is 0 Å². The molecule has 0 fully saturated rings. The summed E-state index contributed by atoms with van der Waals surface area (Å²) in [7, 11) is 0. The Morgan fingerprint density at radius 3 is 2.80 bits per heavy atom.